The van der Waals surface area contributed by atoms with Gasteiger partial charge in [0.25, 0.3) is 0 Å². The number of hydrazine groups is 1. The second-order valence-corrected chi connectivity index (χ2v) is 5.57. The first-order chi connectivity index (χ1) is 9.06. The van der Waals surface area contributed by atoms with Gasteiger partial charge >= 0.3 is 0 Å². The summed E-state index contributed by atoms with van der Waals surface area (Å²) in [7, 11) is 0. The van der Waals surface area contributed by atoms with E-state index in [1.54, 1.807) is 0 Å². The number of ether oxygens (including phenoxy) is 1. The van der Waals surface area contributed by atoms with Gasteiger partial charge in [0.05, 0.1) is 0 Å². The molecule has 0 amide bonds. The summed E-state index contributed by atoms with van der Waals surface area (Å²) in [6.07, 6.45) is 4.97. The highest BCUT2D eigenvalue weighted by Gasteiger charge is 2.27. The van der Waals surface area contributed by atoms with Gasteiger partial charge in [-0.15, -0.1) is 0 Å². The van der Waals surface area contributed by atoms with Crippen molar-refractivity contribution in [2.75, 3.05) is 12.0 Å². The minimum absolute atomic E-state index is 0.491. The molecule has 0 aliphatic heterocycles. The van der Waals surface area contributed by atoms with Crippen LogP contribution in [0.25, 0.3) is 0 Å². The fourth-order valence-corrected chi connectivity index (χ4v) is 2.67. The molecule has 0 atom stereocenters. The Morgan fingerprint density at radius 2 is 2.05 bits per heavy atom. The van der Waals surface area contributed by atoms with Crippen LogP contribution in [0.1, 0.15) is 63.9 Å². The van der Waals surface area contributed by atoms with Crippen LogP contribution in [0.5, 0.6) is 0 Å². The number of hydrogen-bond donors (Lipinski definition) is 2. The van der Waals surface area contributed by atoms with Crippen molar-refractivity contribution >= 4 is 5.82 Å². The van der Waals surface area contributed by atoms with Gasteiger partial charge in [0.1, 0.15) is 11.4 Å². The maximum Gasteiger partial charge on any atom is 0.162 e. The molecule has 0 unspecified atom stereocenters. The van der Waals surface area contributed by atoms with Crippen molar-refractivity contribution in [1.82, 2.24) is 9.97 Å². The number of anilines is 1. The highest BCUT2D eigenvalue weighted by Crippen LogP contribution is 2.34. The lowest BCUT2D eigenvalue weighted by molar-refractivity contribution is -0.0209. The summed E-state index contributed by atoms with van der Waals surface area (Å²) in [5.74, 6) is 7.42. The minimum atomic E-state index is -0.491. The molecule has 19 heavy (non-hydrogen) atoms. The fraction of sp³-hybridized carbons (Fsp3) is 0.714. The molecule has 1 aromatic heterocycles. The number of aromatic nitrogens is 2. The topological polar surface area (TPSA) is 73.1 Å². The maximum absolute atomic E-state index is 5.74. The quantitative estimate of drug-likeness (QED) is 0.632. The molecule has 1 aliphatic carbocycles. The zero-order valence-corrected chi connectivity index (χ0v) is 12.1. The van der Waals surface area contributed by atoms with E-state index in [0.717, 1.165) is 5.69 Å². The lowest BCUT2D eigenvalue weighted by Crippen LogP contribution is -2.26. The van der Waals surface area contributed by atoms with E-state index in [2.05, 4.69) is 10.4 Å². The maximum atomic E-state index is 5.74. The van der Waals surface area contributed by atoms with Crippen molar-refractivity contribution in [3.8, 4) is 0 Å². The van der Waals surface area contributed by atoms with E-state index < -0.39 is 5.60 Å². The molecule has 5 nitrogen and oxygen atoms in total. The molecule has 3 N–H and O–H groups in total. The van der Waals surface area contributed by atoms with Crippen LogP contribution in [0.3, 0.4) is 0 Å². The Labute approximate surface area is 114 Å². The third-order valence-electron chi connectivity index (χ3n) is 3.71. The highest BCUT2D eigenvalue weighted by atomic mass is 16.5. The first-order valence-corrected chi connectivity index (χ1v) is 7.07. The van der Waals surface area contributed by atoms with Gasteiger partial charge in [0.2, 0.25) is 0 Å². The fourth-order valence-electron chi connectivity index (χ4n) is 2.67. The Bertz CT molecular complexity index is 427. The SMILES string of the molecule is CCOC(C)(C)c1nc(NN)cc(C2CCCC2)n1. The Balaban J connectivity index is 2.35. The molecule has 0 saturated heterocycles. The third kappa shape index (κ3) is 3.22. The van der Waals surface area contributed by atoms with Gasteiger partial charge < -0.3 is 10.2 Å². The molecular weight excluding hydrogens is 240 g/mol. The van der Waals surface area contributed by atoms with Gasteiger partial charge in [-0.1, -0.05) is 12.8 Å². The Morgan fingerprint density at radius 3 is 2.63 bits per heavy atom. The Morgan fingerprint density at radius 1 is 1.37 bits per heavy atom. The summed E-state index contributed by atoms with van der Waals surface area (Å²) in [5.41, 5.74) is 3.23. The van der Waals surface area contributed by atoms with Crippen LogP contribution >= 0.6 is 0 Å². The largest absolute Gasteiger partial charge is 0.368 e. The van der Waals surface area contributed by atoms with Crippen molar-refractivity contribution in [3.05, 3.63) is 17.6 Å². The molecule has 1 heterocycles. The number of nitrogens with two attached hydrogens (primary N) is 1. The molecule has 0 radical (unpaired) electrons. The second-order valence-electron chi connectivity index (χ2n) is 5.57. The molecule has 1 fully saturated rings. The van der Waals surface area contributed by atoms with Gasteiger partial charge in [0.15, 0.2) is 5.82 Å². The standard InChI is InChI=1S/C14H24N4O/c1-4-19-14(2,3)13-16-11(9-12(17-13)18-15)10-7-5-6-8-10/h9-10H,4-8,15H2,1-3H3,(H,16,17,18). The molecule has 0 spiro atoms. The smallest absolute Gasteiger partial charge is 0.162 e. The van der Waals surface area contributed by atoms with Crippen LogP contribution in [0.4, 0.5) is 5.82 Å². The van der Waals surface area contributed by atoms with E-state index in [-0.39, 0.29) is 0 Å². The van der Waals surface area contributed by atoms with Gasteiger partial charge in [-0.2, -0.15) is 0 Å². The third-order valence-corrected chi connectivity index (χ3v) is 3.71. The molecule has 1 aromatic rings. The monoisotopic (exact) mass is 264 g/mol. The molecule has 106 valence electrons. The highest BCUT2D eigenvalue weighted by molar-refractivity contribution is 5.36. The summed E-state index contributed by atoms with van der Waals surface area (Å²) in [5, 5.41) is 0. The molecule has 0 bridgehead atoms. The zero-order valence-electron chi connectivity index (χ0n) is 12.1. The first-order valence-electron chi connectivity index (χ1n) is 7.07. The normalized spacial score (nSPS) is 16.8. The summed E-state index contributed by atoms with van der Waals surface area (Å²) >= 11 is 0. The van der Waals surface area contributed by atoms with Crippen LogP contribution < -0.4 is 11.3 Å². The minimum Gasteiger partial charge on any atom is -0.368 e. The zero-order chi connectivity index (χ0) is 13.9. The predicted molar refractivity (Wildman–Crippen MR) is 75.7 cm³/mol. The predicted octanol–water partition coefficient (Wildman–Crippen LogP) is 2.69. The van der Waals surface area contributed by atoms with Crippen LogP contribution in [0.15, 0.2) is 6.07 Å². The van der Waals surface area contributed by atoms with Crippen molar-refractivity contribution < 1.29 is 4.74 Å². The second kappa shape index (κ2) is 5.84. The molecule has 1 saturated carbocycles. The lowest BCUT2D eigenvalue weighted by atomic mass is 10.0. The van der Waals surface area contributed by atoms with E-state index in [1.807, 2.05) is 26.8 Å². The van der Waals surface area contributed by atoms with E-state index in [1.165, 1.54) is 25.7 Å². The van der Waals surface area contributed by atoms with Gasteiger partial charge in [-0.3, -0.25) is 0 Å². The summed E-state index contributed by atoms with van der Waals surface area (Å²) in [6.45, 7) is 6.59. The van der Waals surface area contributed by atoms with Crippen LogP contribution in [0, 0.1) is 0 Å². The number of nitrogen functional groups attached to an aromatic ring is 1. The Kier molecular flexibility index (Phi) is 4.37. The van der Waals surface area contributed by atoms with E-state index >= 15 is 0 Å². The van der Waals surface area contributed by atoms with Crippen molar-refractivity contribution in [3.63, 3.8) is 0 Å². The van der Waals surface area contributed by atoms with E-state index in [0.29, 0.717) is 24.2 Å². The average molecular weight is 264 g/mol. The van der Waals surface area contributed by atoms with E-state index in [9.17, 15) is 0 Å². The van der Waals surface area contributed by atoms with Crippen LogP contribution in [0.2, 0.25) is 0 Å². The Hall–Kier alpha value is -1.20. The van der Waals surface area contributed by atoms with Crippen LogP contribution in [-0.2, 0) is 10.3 Å². The number of nitrogens with one attached hydrogen (secondary N) is 1. The van der Waals surface area contributed by atoms with Crippen LogP contribution in [-0.4, -0.2) is 16.6 Å². The summed E-state index contributed by atoms with van der Waals surface area (Å²) < 4.78 is 5.74. The molecule has 5 heteroatoms. The van der Waals surface area contributed by atoms with Gasteiger partial charge in [0, 0.05) is 24.3 Å². The van der Waals surface area contributed by atoms with Crippen molar-refractivity contribution in [2.45, 2.75) is 58.0 Å². The summed E-state index contributed by atoms with van der Waals surface area (Å²) in [6, 6.07) is 1.96. The number of rotatable bonds is 5. The molecular formula is C14H24N4O. The van der Waals surface area contributed by atoms with Crippen molar-refractivity contribution in [2.24, 2.45) is 5.84 Å². The molecule has 1 aliphatic rings. The average Bonchev–Trinajstić information content (AvgIpc) is 2.92. The van der Waals surface area contributed by atoms with Gasteiger partial charge in [-0.25, -0.2) is 15.8 Å². The van der Waals surface area contributed by atoms with Gasteiger partial charge in [-0.05, 0) is 33.6 Å². The lowest BCUT2D eigenvalue weighted by Gasteiger charge is -2.24. The molecule has 2 rings (SSSR count). The number of nitrogens with zero attached hydrogens (tertiary/aromatic N) is 2. The first kappa shape index (κ1) is 14.2. The van der Waals surface area contributed by atoms with Crippen molar-refractivity contribution in [1.29, 1.82) is 0 Å². The van der Waals surface area contributed by atoms with E-state index in [4.69, 9.17) is 15.6 Å². The number of hydrogen-bond acceptors (Lipinski definition) is 5. The summed E-state index contributed by atoms with van der Waals surface area (Å²) in [4.78, 5) is 9.16. The molecule has 0 aromatic carbocycles.